The van der Waals surface area contributed by atoms with Gasteiger partial charge in [0.1, 0.15) is 11.5 Å². The smallest absolute Gasteiger partial charge is 0.228 e. The molecule has 2 fully saturated rings. The molecule has 4 rings (SSSR count). The zero-order valence-electron chi connectivity index (χ0n) is 20.9. The molecule has 1 heterocycles. The van der Waals surface area contributed by atoms with E-state index in [-0.39, 0.29) is 30.2 Å². The quantitative estimate of drug-likeness (QED) is 0.489. The van der Waals surface area contributed by atoms with Gasteiger partial charge in [0.25, 0.3) is 0 Å². The lowest BCUT2D eigenvalue weighted by molar-refractivity contribution is -0.137. The van der Waals surface area contributed by atoms with Crippen LogP contribution in [0.3, 0.4) is 0 Å². The Hall–Kier alpha value is -3.42. The lowest BCUT2D eigenvalue weighted by Crippen LogP contribution is -2.38. The van der Waals surface area contributed by atoms with Gasteiger partial charge in [-0.15, -0.1) is 0 Å². The van der Waals surface area contributed by atoms with Gasteiger partial charge in [-0.1, -0.05) is 6.07 Å². The lowest BCUT2D eigenvalue weighted by atomic mass is 10.1. The summed E-state index contributed by atoms with van der Waals surface area (Å²) in [5.41, 5.74) is 1.96. The Morgan fingerprint density at radius 3 is 2.31 bits per heavy atom. The number of benzene rings is 2. The number of carbonyl (C=O) groups excluding carboxylic acids is 2. The van der Waals surface area contributed by atoms with Gasteiger partial charge in [0.2, 0.25) is 11.8 Å². The van der Waals surface area contributed by atoms with Crippen LogP contribution in [0.15, 0.2) is 36.4 Å². The van der Waals surface area contributed by atoms with E-state index in [1.165, 1.54) is 0 Å². The lowest BCUT2D eigenvalue weighted by Gasteiger charge is -2.26. The molecule has 2 aromatic rings. The van der Waals surface area contributed by atoms with Gasteiger partial charge in [-0.3, -0.25) is 9.59 Å². The van der Waals surface area contributed by atoms with Gasteiger partial charge in [0, 0.05) is 37.7 Å². The number of methoxy groups -OCH3 is 4. The van der Waals surface area contributed by atoms with E-state index in [1.54, 1.807) is 33.3 Å². The third-order valence-corrected chi connectivity index (χ3v) is 6.78. The standard InChI is InChI=1S/C27H34N2O6/c1-32-22-8-10-23(33-2)19(14-22)17-29(21-6-7-21)27(31)20-15-26(30)28(16-20)12-11-18-5-9-24(34-3)25(13-18)35-4/h5,8-10,13-14,20-21H,6-7,11-12,15-17H2,1-4H3. The summed E-state index contributed by atoms with van der Waals surface area (Å²) in [4.78, 5) is 30.0. The van der Waals surface area contributed by atoms with Crippen LogP contribution in [0, 0.1) is 5.92 Å². The molecule has 8 nitrogen and oxygen atoms in total. The van der Waals surface area contributed by atoms with Crippen molar-refractivity contribution < 1.29 is 28.5 Å². The Balaban J connectivity index is 1.41. The first-order chi connectivity index (χ1) is 17.0. The second-order valence-electron chi connectivity index (χ2n) is 9.06. The molecule has 0 bridgehead atoms. The van der Waals surface area contributed by atoms with Crippen molar-refractivity contribution in [3.8, 4) is 23.0 Å². The highest BCUT2D eigenvalue weighted by Crippen LogP contribution is 2.34. The minimum absolute atomic E-state index is 0.0264. The van der Waals surface area contributed by atoms with Crippen molar-refractivity contribution in [2.45, 2.75) is 38.3 Å². The van der Waals surface area contributed by atoms with Crippen LogP contribution in [0.25, 0.3) is 0 Å². The topological polar surface area (TPSA) is 77.5 Å². The fraction of sp³-hybridized carbons (Fsp3) is 0.481. The maximum atomic E-state index is 13.5. The maximum absolute atomic E-state index is 13.5. The second kappa shape index (κ2) is 10.9. The first-order valence-electron chi connectivity index (χ1n) is 12.0. The van der Waals surface area contributed by atoms with Gasteiger partial charge in [-0.2, -0.15) is 0 Å². The van der Waals surface area contributed by atoms with Gasteiger partial charge in [0.15, 0.2) is 11.5 Å². The molecule has 1 saturated heterocycles. The summed E-state index contributed by atoms with van der Waals surface area (Å²) in [6.07, 6.45) is 2.91. The van der Waals surface area contributed by atoms with Crippen LogP contribution in [0.4, 0.5) is 0 Å². The highest BCUT2D eigenvalue weighted by Gasteiger charge is 2.41. The first-order valence-corrected chi connectivity index (χ1v) is 12.0. The largest absolute Gasteiger partial charge is 0.497 e. The summed E-state index contributed by atoms with van der Waals surface area (Å²) in [6.45, 7) is 1.45. The van der Waals surface area contributed by atoms with E-state index in [0.29, 0.717) is 37.6 Å². The number of carbonyl (C=O) groups is 2. The zero-order chi connectivity index (χ0) is 24.9. The van der Waals surface area contributed by atoms with Crippen molar-refractivity contribution in [2.24, 2.45) is 5.92 Å². The monoisotopic (exact) mass is 482 g/mol. The van der Waals surface area contributed by atoms with Crippen molar-refractivity contribution >= 4 is 11.8 Å². The average Bonchev–Trinajstić information content (AvgIpc) is 3.66. The SMILES string of the molecule is COc1ccc(OC)c(CN(C(=O)C2CC(=O)N(CCc3ccc(OC)c(OC)c3)C2)C2CC2)c1. The van der Waals surface area contributed by atoms with E-state index in [9.17, 15) is 9.59 Å². The fourth-order valence-corrected chi connectivity index (χ4v) is 4.65. The predicted octanol–water partition coefficient (Wildman–Crippen LogP) is 3.30. The Kier molecular flexibility index (Phi) is 7.68. The van der Waals surface area contributed by atoms with E-state index in [4.69, 9.17) is 18.9 Å². The molecule has 2 aromatic carbocycles. The van der Waals surface area contributed by atoms with E-state index >= 15 is 0 Å². The van der Waals surface area contributed by atoms with Gasteiger partial charge in [-0.05, 0) is 55.2 Å². The van der Waals surface area contributed by atoms with Crippen molar-refractivity contribution in [3.05, 3.63) is 47.5 Å². The van der Waals surface area contributed by atoms with Crippen molar-refractivity contribution in [3.63, 3.8) is 0 Å². The minimum atomic E-state index is -0.329. The molecular weight excluding hydrogens is 448 g/mol. The summed E-state index contributed by atoms with van der Waals surface area (Å²) in [6, 6.07) is 11.6. The molecule has 0 aromatic heterocycles. The molecule has 8 heteroatoms. The minimum Gasteiger partial charge on any atom is -0.497 e. The van der Waals surface area contributed by atoms with Crippen LogP contribution in [-0.2, 0) is 22.6 Å². The number of hydrogen-bond acceptors (Lipinski definition) is 6. The van der Waals surface area contributed by atoms with Gasteiger partial charge in [0.05, 0.1) is 34.4 Å². The van der Waals surface area contributed by atoms with Crippen molar-refractivity contribution in [1.82, 2.24) is 9.80 Å². The Morgan fingerprint density at radius 2 is 1.66 bits per heavy atom. The third kappa shape index (κ3) is 5.63. The normalized spacial score (nSPS) is 17.3. The van der Waals surface area contributed by atoms with E-state index < -0.39 is 0 Å². The number of hydrogen-bond donors (Lipinski definition) is 0. The van der Waals surface area contributed by atoms with E-state index in [1.807, 2.05) is 41.3 Å². The van der Waals surface area contributed by atoms with Crippen LogP contribution >= 0.6 is 0 Å². The molecule has 1 saturated carbocycles. The molecule has 188 valence electrons. The Bertz CT molecular complexity index is 1070. The number of rotatable bonds is 11. The fourth-order valence-electron chi connectivity index (χ4n) is 4.65. The maximum Gasteiger partial charge on any atom is 0.228 e. The molecule has 1 atom stereocenters. The highest BCUT2D eigenvalue weighted by molar-refractivity contribution is 5.89. The molecule has 2 aliphatic rings. The number of likely N-dealkylation sites (tertiary alicyclic amines) is 1. The third-order valence-electron chi connectivity index (χ3n) is 6.78. The van der Waals surface area contributed by atoms with Crippen molar-refractivity contribution in [2.75, 3.05) is 41.5 Å². The molecule has 0 spiro atoms. The van der Waals surface area contributed by atoms with Gasteiger partial charge < -0.3 is 28.7 Å². The van der Waals surface area contributed by atoms with Crippen LogP contribution < -0.4 is 18.9 Å². The van der Waals surface area contributed by atoms with E-state index in [2.05, 4.69) is 0 Å². The van der Waals surface area contributed by atoms with Crippen molar-refractivity contribution in [1.29, 1.82) is 0 Å². The summed E-state index contributed by atoms with van der Waals surface area (Å²) in [5.74, 6) is 2.53. The first kappa shape index (κ1) is 24.7. The van der Waals surface area contributed by atoms with Gasteiger partial charge in [-0.25, -0.2) is 0 Å². The molecule has 0 N–H and O–H groups in total. The highest BCUT2D eigenvalue weighted by atomic mass is 16.5. The Morgan fingerprint density at radius 1 is 0.943 bits per heavy atom. The summed E-state index contributed by atoms with van der Waals surface area (Å²) < 4.78 is 21.6. The van der Waals surface area contributed by atoms with Crippen LogP contribution in [0.1, 0.15) is 30.4 Å². The van der Waals surface area contributed by atoms with E-state index in [0.717, 1.165) is 35.5 Å². The molecule has 2 amide bonds. The summed E-state index contributed by atoms with van der Waals surface area (Å²) in [5, 5.41) is 0. The van der Waals surface area contributed by atoms with Crippen LogP contribution in [0.5, 0.6) is 23.0 Å². The average molecular weight is 483 g/mol. The number of amides is 2. The van der Waals surface area contributed by atoms with Crippen LogP contribution in [0.2, 0.25) is 0 Å². The predicted molar refractivity (Wildman–Crippen MR) is 131 cm³/mol. The van der Waals surface area contributed by atoms with Gasteiger partial charge >= 0.3 is 0 Å². The number of ether oxygens (including phenoxy) is 4. The zero-order valence-corrected chi connectivity index (χ0v) is 20.9. The molecule has 1 aliphatic carbocycles. The molecule has 1 unspecified atom stereocenters. The molecule has 35 heavy (non-hydrogen) atoms. The summed E-state index contributed by atoms with van der Waals surface area (Å²) in [7, 11) is 6.46. The molecule has 0 radical (unpaired) electrons. The second-order valence-corrected chi connectivity index (χ2v) is 9.06. The molecule has 1 aliphatic heterocycles. The van der Waals surface area contributed by atoms with Crippen LogP contribution in [-0.4, -0.2) is 69.2 Å². The molecular formula is C27H34N2O6. The Labute approximate surface area is 206 Å². The summed E-state index contributed by atoms with van der Waals surface area (Å²) >= 11 is 0. The number of nitrogens with zero attached hydrogens (tertiary/aromatic N) is 2.